The van der Waals surface area contributed by atoms with Crippen LogP contribution in [0.15, 0.2) is 54.6 Å². The Morgan fingerprint density at radius 3 is 2.43 bits per heavy atom. The Hall–Kier alpha value is -2.27. The molecular formula is C23H28F2N2O. The molecule has 2 atom stereocenters. The second-order valence-electron chi connectivity index (χ2n) is 7.36. The van der Waals surface area contributed by atoms with E-state index in [1.165, 1.54) is 17.7 Å². The molecule has 0 heterocycles. The van der Waals surface area contributed by atoms with Crippen molar-refractivity contribution in [3.8, 4) is 0 Å². The maximum absolute atomic E-state index is 13.4. The number of rotatable bonds is 7. The number of nitrogens with zero attached hydrogens (tertiary/aromatic N) is 1. The van der Waals surface area contributed by atoms with Crippen molar-refractivity contribution in [3.63, 3.8) is 0 Å². The van der Waals surface area contributed by atoms with Crippen LogP contribution in [0.1, 0.15) is 44.1 Å². The molecule has 3 nitrogen and oxygen atoms in total. The summed E-state index contributed by atoms with van der Waals surface area (Å²) in [5.41, 5.74) is 1.83. The number of nitrogens with one attached hydrogen (secondary N) is 1. The second-order valence-corrected chi connectivity index (χ2v) is 7.36. The average Bonchev–Trinajstić information content (AvgIpc) is 2.95. The molecule has 2 aromatic carbocycles. The molecule has 1 saturated carbocycles. The van der Waals surface area contributed by atoms with E-state index < -0.39 is 6.67 Å². The van der Waals surface area contributed by atoms with E-state index in [0.29, 0.717) is 5.69 Å². The van der Waals surface area contributed by atoms with Crippen LogP contribution in [0.2, 0.25) is 0 Å². The Morgan fingerprint density at radius 2 is 1.71 bits per heavy atom. The molecule has 0 bridgehead atoms. The van der Waals surface area contributed by atoms with Gasteiger partial charge in [0.25, 0.3) is 0 Å². The molecule has 0 saturated heterocycles. The fourth-order valence-electron chi connectivity index (χ4n) is 4.00. The van der Waals surface area contributed by atoms with Gasteiger partial charge in [-0.25, -0.2) is 4.39 Å². The van der Waals surface area contributed by atoms with Gasteiger partial charge in [0.15, 0.2) is 0 Å². The van der Waals surface area contributed by atoms with Gasteiger partial charge >= 0.3 is 0 Å². The van der Waals surface area contributed by atoms with E-state index in [0.717, 1.165) is 38.6 Å². The van der Waals surface area contributed by atoms with Crippen LogP contribution in [0.5, 0.6) is 0 Å². The van der Waals surface area contributed by atoms with Crippen LogP contribution in [-0.2, 0) is 11.3 Å². The number of hydrogen-bond acceptors (Lipinski definition) is 2. The molecule has 0 aromatic heterocycles. The van der Waals surface area contributed by atoms with E-state index in [4.69, 9.17) is 0 Å². The summed E-state index contributed by atoms with van der Waals surface area (Å²) in [6.45, 7) is 0.0297. The Labute approximate surface area is 165 Å². The summed E-state index contributed by atoms with van der Waals surface area (Å²) >= 11 is 0. The summed E-state index contributed by atoms with van der Waals surface area (Å²) in [6, 6.07) is 16.1. The van der Waals surface area contributed by atoms with Gasteiger partial charge in [0.1, 0.15) is 5.82 Å². The number of alkyl halides is 1. The molecule has 5 heteroatoms. The molecule has 1 aliphatic carbocycles. The zero-order valence-corrected chi connectivity index (χ0v) is 16.1. The van der Waals surface area contributed by atoms with Crippen molar-refractivity contribution in [3.05, 3.63) is 66.0 Å². The molecule has 1 fully saturated rings. The number of carbonyl (C=O) groups is 1. The zero-order chi connectivity index (χ0) is 19.8. The van der Waals surface area contributed by atoms with E-state index in [9.17, 15) is 13.6 Å². The zero-order valence-electron chi connectivity index (χ0n) is 16.1. The van der Waals surface area contributed by atoms with Crippen LogP contribution in [0.25, 0.3) is 0 Å². The van der Waals surface area contributed by atoms with Crippen LogP contribution in [0, 0.1) is 5.82 Å². The Balaban J connectivity index is 1.84. The molecule has 0 aliphatic heterocycles. The number of benzene rings is 2. The molecule has 28 heavy (non-hydrogen) atoms. The molecule has 1 amide bonds. The van der Waals surface area contributed by atoms with Crippen LogP contribution < -0.4 is 10.2 Å². The first kappa shape index (κ1) is 20.5. The highest BCUT2D eigenvalue weighted by Gasteiger charge is 2.32. The lowest BCUT2D eigenvalue weighted by Gasteiger charge is -2.37. The monoisotopic (exact) mass is 386 g/mol. The first-order chi connectivity index (χ1) is 13.7. The first-order valence-corrected chi connectivity index (χ1v) is 10.1. The highest BCUT2D eigenvalue weighted by Crippen LogP contribution is 2.28. The van der Waals surface area contributed by atoms with E-state index >= 15 is 0 Å². The number of halogens is 2. The SMILES string of the molecule is O=C(CCF)N(c1ccc(F)cc1)C1CCCCCC1NCc1ccccc1. The van der Waals surface area contributed by atoms with Crippen LogP contribution in [-0.4, -0.2) is 24.7 Å². The Kier molecular flexibility index (Phi) is 7.54. The molecule has 3 rings (SSSR count). The van der Waals surface area contributed by atoms with Gasteiger partial charge in [-0.3, -0.25) is 9.18 Å². The van der Waals surface area contributed by atoms with Crippen LogP contribution in [0.3, 0.4) is 0 Å². The third kappa shape index (κ3) is 5.38. The van der Waals surface area contributed by atoms with Gasteiger partial charge in [0, 0.05) is 18.3 Å². The predicted octanol–water partition coefficient (Wildman–Crippen LogP) is 5.01. The quantitative estimate of drug-likeness (QED) is 0.679. The van der Waals surface area contributed by atoms with Crippen molar-refractivity contribution in [2.24, 2.45) is 0 Å². The number of amides is 1. The van der Waals surface area contributed by atoms with Gasteiger partial charge in [-0.1, -0.05) is 49.6 Å². The fraction of sp³-hybridized carbons (Fsp3) is 0.435. The van der Waals surface area contributed by atoms with Crippen molar-refractivity contribution in [2.75, 3.05) is 11.6 Å². The average molecular weight is 386 g/mol. The fourth-order valence-corrected chi connectivity index (χ4v) is 4.00. The largest absolute Gasteiger partial charge is 0.308 e. The van der Waals surface area contributed by atoms with E-state index in [2.05, 4.69) is 17.4 Å². The minimum Gasteiger partial charge on any atom is -0.308 e. The van der Waals surface area contributed by atoms with Crippen molar-refractivity contribution in [2.45, 2.75) is 57.2 Å². The highest BCUT2D eigenvalue weighted by atomic mass is 19.1. The number of hydrogen-bond donors (Lipinski definition) is 1. The maximum Gasteiger partial charge on any atom is 0.229 e. The minimum absolute atomic E-state index is 0.0734. The minimum atomic E-state index is -0.689. The van der Waals surface area contributed by atoms with Crippen LogP contribution in [0.4, 0.5) is 14.5 Å². The van der Waals surface area contributed by atoms with E-state index in [1.807, 2.05) is 18.2 Å². The standard InChI is InChI=1S/C23H28F2N2O/c24-16-15-23(28)27(20-13-11-19(25)12-14-20)22-10-6-2-5-9-21(22)26-17-18-7-3-1-4-8-18/h1,3-4,7-8,11-14,21-22,26H,2,5-6,9-10,15-17H2. The summed E-state index contributed by atoms with van der Waals surface area (Å²) in [6.07, 6.45) is 4.89. The van der Waals surface area contributed by atoms with Crippen LogP contribution >= 0.6 is 0 Å². The second kappa shape index (κ2) is 10.3. The highest BCUT2D eigenvalue weighted by molar-refractivity contribution is 5.94. The van der Waals surface area contributed by atoms with Gasteiger partial charge in [-0.2, -0.15) is 0 Å². The third-order valence-corrected chi connectivity index (χ3v) is 5.40. The summed E-state index contributed by atoms with van der Waals surface area (Å²) in [5.74, 6) is -0.589. The van der Waals surface area contributed by atoms with Gasteiger partial charge in [-0.05, 0) is 42.7 Å². The van der Waals surface area contributed by atoms with Crippen molar-refractivity contribution in [1.29, 1.82) is 0 Å². The lowest BCUT2D eigenvalue weighted by atomic mass is 9.99. The van der Waals surface area contributed by atoms with Crippen molar-refractivity contribution in [1.82, 2.24) is 5.32 Å². The summed E-state index contributed by atoms with van der Waals surface area (Å²) < 4.78 is 26.4. The summed E-state index contributed by atoms with van der Waals surface area (Å²) in [7, 11) is 0. The van der Waals surface area contributed by atoms with Gasteiger partial charge in [0.2, 0.25) is 5.91 Å². The van der Waals surface area contributed by atoms with Crippen molar-refractivity contribution < 1.29 is 13.6 Å². The topological polar surface area (TPSA) is 32.3 Å². The summed E-state index contributed by atoms with van der Waals surface area (Å²) in [4.78, 5) is 14.5. The molecule has 1 aliphatic rings. The Bertz CT molecular complexity index is 736. The van der Waals surface area contributed by atoms with Gasteiger partial charge in [-0.15, -0.1) is 0 Å². The lowest BCUT2D eigenvalue weighted by Crippen LogP contribution is -2.52. The molecule has 2 aromatic rings. The van der Waals surface area contributed by atoms with Gasteiger partial charge < -0.3 is 10.2 Å². The number of anilines is 1. The smallest absolute Gasteiger partial charge is 0.229 e. The first-order valence-electron chi connectivity index (χ1n) is 10.1. The normalized spacial score (nSPS) is 19.8. The molecule has 0 radical (unpaired) electrons. The molecule has 2 unspecified atom stereocenters. The molecular weight excluding hydrogens is 358 g/mol. The predicted molar refractivity (Wildman–Crippen MR) is 108 cm³/mol. The third-order valence-electron chi connectivity index (χ3n) is 5.40. The van der Waals surface area contributed by atoms with Gasteiger partial charge in [0.05, 0.1) is 19.1 Å². The van der Waals surface area contributed by atoms with E-state index in [-0.39, 0.29) is 30.2 Å². The lowest BCUT2D eigenvalue weighted by molar-refractivity contribution is -0.119. The molecule has 0 spiro atoms. The molecule has 1 N–H and O–H groups in total. The molecule has 150 valence electrons. The number of carbonyl (C=O) groups excluding carboxylic acids is 1. The summed E-state index contributed by atoms with van der Waals surface area (Å²) in [5, 5.41) is 3.62. The van der Waals surface area contributed by atoms with Crippen molar-refractivity contribution >= 4 is 11.6 Å². The van der Waals surface area contributed by atoms with E-state index in [1.54, 1.807) is 17.0 Å². The Morgan fingerprint density at radius 1 is 1.00 bits per heavy atom. The maximum atomic E-state index is 13.4.